The van der Waals surface area contributed by atoms with Crippen molar-refractivity contribution in [3.63, 3.8) is 0 Å². The highest BCUT2D eigenvalue weighted by atomic mass is 32.2. The van der Waals surface area contributed by atoms with Gasteiger partial charge in [0.15, 0.2) is 0 Å². The van der Waals surface area contributed by atoms with Crippen molar-refractivity contribution in [1.29, 1.82) is 0 Å². The van der Waals surface area contributed by atoms with E-state index in [1.165, 1.54) is 0 Å². The predicted octanol–water partition coefficient (Wildman–Crippen LogP) is 1.09. The van der Waals surface area contributed by atoms with E-state index in [9.17, 15) is 61.1 Å². The minimum Gasteiger partial charge on any atom is -0.281 e. The van der Waals surface area contributed by atoms with Crippen LogP contribution in [0.25, 0.3) is 0 Å². The van der Waals surface area contributed by atoms with Crippen LogP contribution in [0.3, 0.4) is 0 Å². The van der Waals surface area contributed by atoms with Crippen LogP contribution in [-0.2, 0) is 24.9 Å². The van der Waals surface area contributed by atoms with Crippen molar-refractivity contribution in [3.8, 4) is 0 Å². The molecule has 0 spiro atoms. The number of alkyl halides is 9. The molecule has 0 unspecified atom stereocenters. The van der Waals surface area contributed by atoms with E-state index < -0.39 is 55.1 Å². The van der Waals surface area contributed by atoms with Gasteiger partial charge in [0, 0.05) is 0 Å². The molecule has 0 saturated carbocycles. The van der Waals surface area contributed by atoms with E-state index in [2.05, 4.69) is 0 Å². The van der Waals surface area contributed by atoms with Gasteiger partial charge in [-0.15, -0.1) is 0 Å². The van der Waals surface area contributed by atoms with E-state index >= 15 is 0 Å². The number of carbonyl (C=O) groups is 1. The van der Waals surface area contributed by atoms with Crippen LogP contribution in [0, 0.1) is 0 Å². The highest BCUT2D eigenvalue weighted by molar-refractivity contribution is 7.91. The zero-order valence-electron chi connectivity index (χ0n) is 10.4. The zero-order chi connectivity index (χ0) is 20.0. The molecule has 0 radical (unpaired) electrons. The van der Waals surface area contributed by atoms with Gasteiger partial charge in [-0.2, -0.15) is 56.3 Å². The largest absolute Gasteiger partial charge is 0.439 e. The van der Waals surface area contributed by atoms with Crippen LogP contribution < -0.4 is 4.72 Å². The minimum atomic E-state index is -7.36. The molecule has 0 aromatic carbocycles. The van der Waals surface area contributed by atoms with Gasteiger partial charge < -0.3 is 0 Å². The number of hydrogen-bond donors (Lipinski definition) is 2. The van der Waals surface area contributed by atoms with E-state index in [0.29, 0.717) is 0 Å². The number of nitrogens with one attached hydrogen (secondary N) is 1. The van der Waals surface area contributed by atoms with Crippen molar-refractivity contribution < 1.29 is 65.7 Å². The van der Waals surface area contributed by atoms with Crippen molar-refractivity contribution in [2.45, 2.75) is 29.0 Å². The van der Waals surface area contributed by atoms with Crippen LogP contribution >= 0.6 is 0 Å². The molecule has 0 aliphatic carbocycles. The third kappa shape index (κ3) is 4.02. The number of hydrogen-bond acceptors (Lipinski definition) is 5. The fourth-order valence-electron chi connectivity index (χ4n) is 0.932. The van der Waals surface area contributed by atoms with E-state index in [-0.39, 0.29) is 4.72 Å². The molecule has 0 fully saturated rings. The van der Waals surface area contributed by atoms with Gasteiger partial charge in [0.1, 0.15) is 6.42 Å². The molecule has 0 aromatic heterocycles. The summed E-state index contributed by atoms with van der Waals surface area (Å²) in [6.45, 7) is 0. The molecule has 144 valence electrons. The summed E-state index contributed by atoms with van der Waals surface area (Å²) in [5.41, 5.74) is 0. The van der Waals surface area contributed by atoms with Crippen LogP contribution in [0.4, 0.5) is 39.5 Å². The van der Waals surface area contributed by atoms with Crippen LogP contribution in [-0.4, -0.2) is 49.9 Å². The van der Waals surface area contributed by atoms with Crippen LogP contribution in [0.15, 0.2) is 0 Å². The minimum absolute atomic E-state index is 0.244. The van der Waals surface area contributed by atoms with Crippen molar-refractivity contribution in [2.24, 2.45) is 0 Å². The zero-order valence-corrected chi connectivity index (χ0v) is 12.0. The summed E-state index contributed by atoms with van der Waals surface area (Å²) in [6, 6.07) is 0. The van der Waals surface area contributed by atoms with Gasteiger partial charge in [-0.1, -0.05) is 0 Å². The van der Waals surface area contributed by atoms with Gasteiger partial charge in [0.25, 0.3) is 0 Å². The molecule has 24 heavy (non-hydrogen) atoms. The standard InChI is InChI=1S/C6H4F9NO6S2/c7-3(8,9)1-2(17)16-23(18,19)5(12,13)4(10,11)6(14,15)24(20,21)22/h1H2,(H,16,17)(H,20,21,22). The van der Waals surface area contributed by atoms with Crippen molar-refractivity contribution in [3.05, 3.63) is 0 Å². The second-order valence-electron chi connectivity index (χ2n) is 3.90. The molecule has 0 saturated heterocycles. The van der Waals surface area contributed by atoms with E-state index in [1.807, 2.05) is 0 Å². The Morgan fingerprint density at radius 1 is 0.833 bits per heavy atom. The Balaban J connectivity index is 5.92. The average Bonchev–Trinajstić information content (AvgIpc) is 2.22. The predicted molar refractivity (Wildman–Crippen MR) is 54.1 cm³/mol. The van der Waals surface area contributed by atoms with Crippen LogP contribution in [0.5, 0.6) is 0 Å². The Bertz CT molecular complexity index is 709. The molecule has 0 rings (SSSR count). The summed E-state index contributed by atoms with van der Waals surface area (Å²) in [7, 11) is -14.6. The summed E-state index contributed by atoms with van der Waals surface area (Å²) >= 11 is 0. The van der Waals surface area contributed by atoms with E-state index in [4.69, 9.17) is 4.55 Å². The monoisotopic (exact) mass is 421 g/mol. The van der Waals surface area contributed by atoms with Crippen molar-refractivity contribution in [1.82, 2.24) is 4.72 Å². The van der Waals surface area contributed by atoms with Crippen molar-refractivity contribution in [2.75, 3.05) is 0 Å². The van der Waals surface area contributed by atoms with Gasteiger partial charge in [-0.05, 0) is 0 Å². The van der Waals surface area contributed by atoms with Gasteiger partial charge >= 0.3 is 42.7 Å². The van der Waals surface area contributed by atoms with Crippen molar-refractivity contribution >= 4 is 26.0 Å². The summed E-state index contributed by atoms with van der Waals surface area (Å²) in [4.78, 5) is 10.6. The molecular weight excluding hydrogens is 417 g/mol. The number of rotatable bonds is 6. The third-order valence-corrected chi connectivity index (χ3v) is 4.33. The summed E-state index contributed by atoms with van der Waals surface area (Å²) in [5.74, 6) is -10.2. The molecule has 0 atom stereocenters. The Labute approximate surface area is 126 Å². The molecule has 0 aromatic rings. The summed E-state index contributed by atoms with van der Waals surface area (Å²) < 4.78 is 162. The van der Waals surface area contributed by atoms with Gasteiger partial charge in [0.2, 0.25) is 5.91 Å². The van der Waals surface area contributed by atoms with Gasteiger partial charge in [-0.25, -0.2) is 4.72 Å². The smallest absolute Gasteiger partial charge is 0.281 e. The molecule has 2 N–H and O–H groups in total. The first-order valence-corrected chi connectivity index (χ1v) is 7.75. The van der Waals surface area contributed by atoms with Gasteiger partial charge in [0.05, 0.1) is 0 Å². The maximum atomic E-state index is 13.1. The molecule has 0 bridgehead atoms. The number of carbonyl (C=O) groups excluding carboxylic acids is 1. The SMILES string of the molecule is O=C(CC(F)(F)F)NS(=O)(=O)C(F)(F)C(F)(F)C(F)(F)S(=O)(=O)O. The molecule has 0 aliphatic rings. The van der Waals surface area contributed by atoms with Crippen LogP contribution in [0.2, 0.25) is 0 Å². The third-order valence-electron chi connectivity index (χ3n) is 2.00. The quantitative estimate of drug-likeness (QED) is 0.490. The topological polar surface area (TPSA) is 118 Å². The maximum Gasteiger partial charge on any atom is 0.439 e. The Hall–Kier alpha value is -1.30. The highest BCUT2D eigenvalue weighted by Gasteiger charge is 2.82. The number of amides is 1. The maximum absolute atomic E-state index is 13.1. The number of sulfonamides is 1. The second-order valence-corrected chi connectivity index (χ2v) is 7.09. The molecule has 0 heterocycles. The Morgan fingerprint density at radius 3 is 1.50 bits per heavy atom. The first-order valence-electron chi connectivity index (χ1n) is 4.82. The fraction of sp³-hybridized carbons (Fsp3) is 0.833. The summed E-state index contributed by atoms with van der Waals surface area (Å²) in [5, 5.41) is -14.2. The average molecular weight is 421 g/mol. The normalized spacial score (nSPS) is 15.2. The lowest BCUT2D eigenvalue weighted by Crippen LogP contribution is -2.63. The van der Waals surface area contributed by atoms with Crippen LogP contribution in [0.1, 0.15) is 6.42 Å². The Kier molecular flexibility index (Phi) is 5.58. The molecule has 7 nitrogen and oxygen atoms in total. The van der Waals surface area contributed by atoms with E-state index in [1.54, 1.807) is 0 Å². The highest BCUT2D eigenvalue weighted by Crippen LogP contribution is 2.50. The molecular formula is C6H4F9NO6S2. The van der Waals surface area contributed by atoms with E-state index in [0.717, 1.165) is 0 Å². The summed E-state index contributed by atoms with van der Waals surface area (Å²) in [6.07, 6.45) is -8.24. The second kappa shape index (κ2) is 5.90. The number of halogens is 9. The molecule has 1 amide bonds. The lowest BCUT2D eigenvalue weighted by Gasteiger charge is -2.30. The first-order chi connectivity index (χ1) is 10.1. The molecule has 0 aliphatic heterocycles. The van der Waals surface area contributed by atoms with Gasteiger partial charge in [-0.3, -0.25) is 9.35 Å². The lowest BCUT2D eigenvalue weighted by atomic mass is 10.3. The Morgan fingerprint density at radius 2 is 1.21 bits per heavy atom. The first kappa shape index (κ1) is 22.7. The lowest BCUT2D eigenvalue weighted by molar-refractivity contribution is -0.246. The fourth-order valence-corrected chi connectivity index (χ4v) is 2.41. The molecule has 18 heteroatoms.